The van der Waals surface area contributed by atoms with Crippen LogP contribution in [-0.4, -0.2) is 104 Å². The third kappa shape index (κ3) is 16.1. The van der Waals surface area contributed by atoms with Crippen LogP contribution >= 0.6 is 0 Å². The number of carboxylic acid groups (broad SMARTS) is 2. The summed E-state index contributed by atoms with van der Waals surface area (Å²) in [5, 5.41) is 34.9. The van der Waals surface area contributed by atoms with E-state index in [0.29, 0.717) is 18.5 Å². The molecule has 0 radical (unpaired) electrons. The number of aromatic amines is 1. The topological polar surface area (TPSA) is 278 Å². The highest BCUT2D eigenvalue weighted by atomic mass is 16.4. The third-order valence-electron chi connectivity index (χ3n) is 9.51. The number of carbonyl (C=O) groups is 8. The lowest BCUT2D eigenvalue weighted by atomic mass is 9.94. The number of imidazole rings is 1. The largest absolute Gasteiger partial charge is 0.481 e. The number of rotatable bonds is 24. The van der Waals surface area contributed by atoms with Crippen molar-refractivity contribution in [2.24, 2.45) is 17.8 Å². The average Bonchev–Trinajstić information content (AvgIpc) is 3.67. The molecule has 1 heterocycles. The Morgan fingerprint density at radius 1 is 0.649 bits per heavy atom. The van der Waals surface area contributed by atoms with Gasteiger partial charge in [-0.2, -0.15) is 0 Å². The number of aliphatic carboxylic acids is 2. The quantitative estimate of drug-likeness (QED) is 0.0717. The van der Waals surface area contributed by atoms with E-state index in [1.165, 1.54) is 19.4 Å². The fourth-order valence-electron chi connectivity index (χ4n) is 5.91. The lowest BCUT2D eigenvalue weighted by Gasteiger charge is -2.30. The number of nitrogens with one attached hydrogen (secondary N) is 7. The molecule has 0 saturated heterocycles. The zero-order valence-corrected chi connectivity index (χ0v) is 33.6. The van der Waals surface area contributed by atoms with Gasteiger partial charge in [0.2, 0.25) is 35.4 Å². The molecule has 6 amide bonds. The number of hydrogen-bond donors (Lipinski definition) is 9. The zero-order chi connectivity index (χ0) is 42.8. The van der Waals surface area contributed by atoms with Crippen molar-refractivity contribution in [1.82, 2.24) is 41.9 Å². The molecule has 2 aromatic rings. The zero-order valence-electron chi connectivity index (χ0n) is 33.6. The molecule has 0 spiro atoms. The molecule has 18 nitrogen and oxygen atoms in total. The Kier molecular flexibility index (Phi) is 19.4. The SMILES string of the molecule is CC[C@H](C)[C@H](NC(=O)[C@H](CC(=O)O)NC(=O)[C@H](CC(C)C)NC(=O)[C@@H](Cc1ccccc1)NC(C)=O)C(=O)N[C@H](C(=O)N[C@@H](Cc1cnc[nH]1)C(=O)O)[C@@H](C)CC. The lowest BCUT2D eigenvalue weighted by Crippen LogP contribution is -2.61. The van der Waals surface area contributed by atoms with Gasteiger partial charge in [-0.1, -0.05) is 84.7 Å². The first-order valence-corrected chi connectivity index (χ1v) is 19.1. The van der Waals surface area contributed by atoms with Crippen LogP contribution in [0, 0.1) is 17.8 Å². The third-order valence-corrected chi connectivity index (χ3v) is 9.51. The van der Waals surface area contributed by atoms with Crippen molar-refractivity contribution < 1.29 is 48.6 Å². The Morgan fingerprint density at radius 3 is 1.65 bits per heavy atom. The first-order valence-electron chi connectivity index (χ1n) is 19.1. The molecule has 0 saturated carbocycles. The van der Waals surface area contributed by atoms with Crippen LogP contribution in [0.3, 0.4) is 0 Å². The van der Waals surface area contributed by atoms with Gasteiger partial charge in [0, 0.05) is 31.7 Å². The fraction of sp³-hybridized carbons (Fsp3) is 0.564. The van der Waals surface area contributed by atoms with E-state index < -0.39 is 102 Å². The van der Waals surface area contributed by atoms with Crippen molar-refractivity contribution in [3.63, 3.8) is 0 Å². The van der Waals surface area contributed by atoms with Gasteiger partial charge in [-0.15, -0.1) is 0 Å². The maximum absolute atomic E-state index is 13.9. The Morgan fingerprint density at radius 2 is 1.16 bits per heavy atom. The highest BCUT2D eigenvalue weighted by Gasteiger charge is 2.37. The van der Waals surface area contributed by atoms with E-state index in [2.05, 4.69) is 41.9 Å². The van der Waals surface area contributed by atoms with Crippen molar-refractivity contribution >= 4 is 47.4 Å². The Hall–Kier alpha value is -5.81. The van der Waals surface area contributed by atoms with Crippen molar-refractivity contribution in [3.8, 4) is 0 Å². The molecule has 0 aliphatic heterocycles. The van der Waals surface area contributed by atoms with Gasteiger partial charge in [-0.05, 0) is 29.7 Å². The summed E-state index contributed by atoms with van der Waals surface area (Å²) < 4.78 is 0. The molecule has 314 valence electrons. The average molecular weight is 799 g/mol. The van der Waals surface area contributed by atoms with E-state index in [-0.39, 0.29) is 25.2 Å². The normalized spacial score (nSPS) is 15.3. The van der Waals surface area contributed by atoms with Crippen LogP contribution < -0.4 is 31.9 Å². The van der Waals surface area contributed by atoms with Crippen molar-refractivity contribution in [2.45, 2.75) is 123 Å². The van der Waals surface area contributed by atoms with Crippen molar-refractivity contribution in [3.05, 3.63) is 54.1 Å². The van der Waals surface area contributed by atoms with Gasteiger partial charge in [0.15, 0.2) is 0 Å². The van der Waals surface area contributed by atoms with Crippen LogP contribution in [0.25, 0.3) is 0 Å². The Bertz CT molecular complexity index is 1670. The summed E-state index contributed by atoms with van der Waals surface area (Å²) >= 11 is 0. The van der Waals surface area contributed by atoms with Gasteiger partial charge in [0.05, 0.1) is 12.7 Å². The van der Waals surface area contributed by atoms with Gasteiger partial charge in [0.25, 0.3) is 0 Å². The summed E-state index contributed by atoms with van der Waals surface area (Å²) in [6.45, 7) is 11.7. The van der Waals surface area contributed by atoms with E-state index in [1.54, 1.807) is 71.9 Å². The molecule has 0 fully saturated rings. The first kappa shape index (κ1) is 47.3. The summed E-state index contributed by atoms with van der Waals surface area (Å²) in [7, 11) is 0. The highest BCUT2D eigenvalue weighted by Crippen LogP contribution is 2.14. The Labute approximate surface area is 332 Å². The van der Waals surface area contributed by atoms with Gasteiger partial charge in [-0.25, -0.2) is 9.78 Å². The molecule has 8 atom stereocenters. The van der Waals surface area contributed by atoms with Crippen LogP contribution in [-0.2, 0) is 51.2 Å². The van der Waals surface area contributed by atoms with E-state index in [0.717, 1.165) is 5.56 Å². The summed E-state index contributed by atoms with van der Waals surface area (Å²) in [6.07, 6.45) is 2.81. The summed E-state index contributed by atoms with van der Waals surface area (Å²) in [5.74, 6) is -8.47. The maximum Gasteiger partial charge on any atom is 0.326 e. The summed E-state index contributed by atoms with van der Waals surface area (Å²) in [5.41, 5.74) is 1.21. The minimum absolute atomic E-state index is 0.0959. The van der Waals surface area contributed by atoms with Crippen LogP contribution in [0.4, 0.5) is 0 Å². The highest BCUT2D eigenvalue weighted by molar-refractivity contribution is 5.98. The van der Waals surface area contributed by atoms with Crippen LogP contribution in [0.5, 0.6) is 0 Å². The number of aromatic nitrogens is 2. The van der Waals surface area contributed by atoms with Gasteiger partial charge in [0.1, 0.15) is 36.3 Å². The number of amides is 6. The second-order valence-corrected chi connectivity index (χ2v) is 14.7. The molecule has 0 unspecified atom stereocenters. The standard InChI is InChI=1S/C39H58N8O10/c1-8-22(5)32(37(54)45-30(39(56)57)17-26-19-40-20-41-26)47-38(55)33(23(6)9-2)46-36(53)29(18-31(49)50)44-34(51)27(15-21(3)4)43-35(52)28(42-24(7)48)16-25-13-11-10-12-14-25/h10-14,19-23,27-30,32-33H,8-9,15-18H2,1-7H3,(H,40,41)(H,42,48)(H,43,52)(H,44,51)(H,45,54)(H,46,53)(H,47,55)(H,49,50)(H,56,57)/t22-,23-,27-,28+,29-,30-,32-,33-/m0/s1. The van der Waals surface area contributed by atoms with Crippen LogP contribution in [0.2, 0.25) is 0 Å². The van der Waals surface area contributed by atoms with Crippen molar-refractivity contribution in [1.29, 1.82) is 0 Å². The van der Waals surface area contributed by atoms with Gasteiger partial charge < -0.3 is 47.1 Å². The van der Waals surface area contributed by atoms with E-state index in [9.17, 15) is 48.6 Å². The predicted octanol–water partition coefficient (Wildman–Crippen LogP) is 0.821. The fourth-order valence-corrected chi connectivity index (χ4v) is 5.91. The first-order chi connectivity index (χ1) is 26.9. The molecule has 0 aliphatic rings. The summed E-state index contributed by atoms with van der Waals surface area (Å²) in [4.78, 5) is 111. The van der Waals surface area contributed by atoms with Gasteiger partial charge >= 0.3 is 11.9 Å². The molecular formula is C39H58N8O10. The molecule has 57 heavy (non-hydrogen) atoms. The maximum atomic E-state index is 13.9. The second kappa shape index (κ2) is 23.3. The van der Waals surface area contributed by atoms with E-state index >= 15 is 0 Å². The molecular weight excluding hydrogens is 740 g/mol. The predicted molar refractivity (Wildman–Crippen MR) is 208 cm³/mol. The molecule has 18 heteroatoms. The molecule has 0 aliphatic carbocycles. The minimum atomic E-state index is -1.69. The molecule has 0 bridgehead atoms. The lowest BCUT2D eigenvalue weighted by molar-refractivity contribution is -0.142. The molecule has 9 N–H and O–H groups in total. The van der Waals surface area contributed by atoms with E-state index in [1.807, 2.05) is 0 Å². The van der Waals surface area contributed by atoms with Crippen LogP contribution in [0.1, 0.15) is 85.4 Å². The number of benzene rings is 1. The second-order valence-electron chi connectivity index (χ2n) is 14.7. The number of carbonyl (C=O) groups excluding carboxylic acids is 6. The smallest absolute Gasteiger partial charge is 0.326 e. The number of nitrogens with zero attached hydrogens (tertiary/aromatic N) is 1. The summed E-state index contributed by atoms with van der Waals surface area (Å²) in [6, 6.07) is 1.06. The Balaban J connectivity index is 2.31. The molecule has 1 aromatic carbocycles. The van der Waals surface area contributed by atoms with Crippen LogP contribution in [0.15, 0.2) is 42.9 Å². The minimum Gasteiger partial charge on any atom is -0.481 e. The van der Waals surface area contributed by atoms with Gasteiger partial charge in [-0.3, -0.25) is 33.6 Å². The number of hydrogen-bond acceptors (Lipinski definition) is 9. The molecule has 1 aromatic heterocycles. The number of carboxylic acids is 2. The molecule has 2 rings (SSSR count). The number of H-pyrrole nitrogens is 1. The van der Waals surface area contributed by atoms with Crippen molar-refractivity contribution in [2.75, 3.05) is 0 Å². The van der Waals surface area contributed by atoms with E-state index in [4.69, 9.17) is 0 Å². The monoisotopic (exact) mass is 798 g/mol.